The molecule has 0 aliphatic carbocycles. The number of rotatable bonds is 8. The number of thioether (sulfide) groups is 1. The van der Waals surface area contributed by atoms with Crippen LogP contribution in [-0.4, -0.2) is 51.1 Å². The molecule has 3 aromatic heterocycles. The molecule has 1 aromatic carbocycles. The van der Waals surface area contributed by atoms with Gasteiger partial charge in [0.2, 0.25) is 10.0 Å². The van der Waals surface area contributed by atoms with E-state index in [1.165, 1.54) is 18.4 Å². The van der Waals surface area contributed by atoms with Gasteiger partial charge < -0.3 is 8.98 Å². The highest BCUT2D eigenvalue weighted by Gasteiger charge is 2.20. The Labute approximate surface area is 185 Å². The predicted molar refractivity (Wildman–Crippen MR) is 119 cm³/mol. The van der Waals surface area contributed by atoms with Crippen LogP contribution in [0, 0.1) is 0 Å². The van der Waals surface area contributed by atoms with Gasteiger partial charge in [-0.2, -0.15) is 0 Å². The molecule has 0 aliphatic rings. The molecule has 0 spiro atoms. The molecule has 0 N–H and O–H groups in total. The van der Waals surface area contributed by atoms with Crippen LogP contribution in [0.1, 0.15) is 19.7 Å². The van der Waals surface area contributed by atoms with Gasteiger partial charge in [0, 0.05) is 27.2 Å². The van der Waals surface area contributed by atoms with E-state index in [-0.39, 0.29) is 4.90 Å². The molecule has 0 radical (unpaired) electrons. The number of hydrogen-bond acceptors (Lipinski definition) is 7. The topological polar surface area (TPSA) is 99.1 Å². The smallest absolute Gasteiger partial charge is 0.242 e. The Kier molecular flexibility index (Phi) is 5.91. The van der Waals surface area contributed by atoms with Crippen molar-refractivity contribution in [1.29, 1.82) is 0 Å². The molecule has 0 saturated heterocycles. The van der Waals surface area contributed by atoms with Gasteiger partial charge in [0.05, 0.1) is 27.9 Å². The monoisotopic (exact) mass is 460 g/mol. The van der Waals surface area contributed by atoms with Crippen LogP contribution < -0.4 is 0 Å². The SMILES string of the molecule is CCn1c(SCc2nc3cc(S(=O)(=O)N(C)C)ccc3n2CC)nnc1-c1ccco1. The minimum absolute atomic E-state index is 0.235. The van der Waals surface area contributed by atoms with Crippen molar-refractivity contribution in [1.82, 2.24) is 28.6 Å². The van der Waals surface area contributed by atoms with Crippen LogP contribution in [0.25, 0.3) is 22.6 Å². The van der Waals surface area contributed by atoms with E-state index in [1.54, 1.807) is 30.2 Å². The molecule has 11 heteroatoms. The zero-order chi connectivity index (χ0) is 22.2. The molecule has 9 nitrogen and oxygen atoms in total. The molecular formula is C20H24N6O3S2. The van der Waals surface area contributed by atoms with Gasteiger partial charge >= 0.3 is 0 Å². The zero-order valence-corrected chi connectivity index (χ0v) is 19.4. The Hall–Kier alpha value is -2.63. The van der Waals surface area contributed by atoms with Crippen LogP contribution >= 0.6 is 11.8 Å². The second-order valence-electron chi connectivity index (χ2n) is 7.03. The molecule has 0 saturated carbocycles. The first-order chi connectivity index (χ1) is 14.9. The first kappa shape index (κ1) is 21.6. The molecule has 4 rings (SSSR count). The maximum absolute atomic E-state index is 12.5. The van der Waals surface area contributed by atoms with E-state index in [0.29, 0.717) is 29.4 Å². The summed E-state index contributed by atoms with van der Waals surface area (Å²) in [4.78, 5) is 4.96. The van der Waals surface area contributed by atoms with Crippen molar-refractivity contribution in [3.63, 3.8) is 0 Å². The molecule has 0 bridgehead atoms. The molecule has 164 valence electrons. The number of nitrogens with zero attached hydrogens (tertiary/aromatic N) is 6. The number of sulfonamides is 1. The Morgan fingerprint density at radius 3 is 2.52 bits per heavy atom. The summed E-state index contributed by atoms with van der Waals surface area (Å²) < 4.78 is 35.7. The first-order valence-electron chi connectivity index (χ1n) is 9.88. The van der Waals surface area contributed by atoms with Crippen molar-refractivity contribution in [2.45, 2.75) is 42.7 Å². The van der Waals surface area contributed by atoms with Gasteiger partial charge in [0.25, 0.3) is 0 Å². The minimum Gasteiger partial charge on any atom is -0.461 e. The second kappa shape index (κ2) is 8.48. The lowest BCUT2D eigenvalue weighted by molar-refractivity contribution is 0.521. The van der Waals surface area contributed by atoms with E-state index < -0.39 is 10.0 Å². The summed E-state index contributed by atoms with van der Waals surface area (Å²) >= 11 is 1.54. The summed E-state index contributed by atoms with van der Waals surface area (Å²) in [6, 6.07) is 8.77. The molecule has 31 heavy (non-hydrogen) atoms. The molecule has 0 unspecified atom stereocenters. The van der Waals surface area contributed by atoms with Crippen molar-refractivity contribution in [2.75, 3.05) is 14.1 Å². The highest BCUT2D eigenvalue weighted by molar-refractivity contribution is 7.98. The Morgan fingerprint density at radius 1 is 1.10 bits per heavy atom. The average molecular weight is 461 g/mol. The van der Waals surface area contributed by atoms with E-state index >= 15 is 0 Å². The van der Waals surface area contributed by atoms with Gasteiger partial charge in [0.1, 0.15) is 5.82 Å². The summed E-state index contributed by atoms with van der Waals surface area (Å²) in [5.74, 6) is 2.80. The van der Waals surface area contributed by atoms with E-state index in [2.05, 4.69) is 14.8 Å². The summed E-state index contributed by atoms with van der Waals surface area (Å²) in [7, 11) is -0.471. The van der Waals surface area contributed by atoms with Gasteiger partial charge in [0.15, 0.2) is 16.7 Å². The van der Waals surface area contributed by atoms with Gasteiger partial charge in [-0.1, -0.05) is 11.8 Å². The lowest BCUT2D eigenvalue weighted by Gasteiger charge is -2.11. The molecule has 0 amide bonds. The molecule has 3 heterocycles. The van der Waals surface area contributed by atoms with Crippen LogP contribution in [0.5, 0.6) is 0 Å². The van der Waals surface area contributed by atoms with Crippen LogP contribution in [0.4, 0.5) is 0 Å². The fraction of sp³-hybridized carbons (Fsp3) is 0.350. The van der Waals surface area contributed by atoms with Crippen LogP contribution in [0.2, 0.25) is 0 Å². The summed E-state index contributed by atoms with van der Waals surface area (Å²) in [5, 5.41) is 9.39. The number of furan rings is 1. The van der Waals surface area contributed by atoms with E-state index in [4.69, 9.17) is 9.40 Å². The normalized spacial score (nSPS) is 12.3. The van der Waals surface area contributed by atoms with Crippen LogP contribution in [0.3, 0.4) is 0 Å². The number of benzene rings is 1. The Balaban J connectivity index is 1.65. The summed E-state index contributed by atoms with van der Waals surface area (Å²) in [6.07, 6.45) is 1.62. The maximum Gasteiger partial charge on any atom is 0.242 e. The van der Waals surface area contributed by atoms with Gasteiger partial charge in [-0.15, -0.1) is 10.2 Å². The highest BCUT2D eigenvalue weighted by atomic mass is 32.2. The third-order valence-corrected chi connectivity index (χ3v) is 7.77. The highest BCUT2D eigenvalue weighted by Crippen LogP contribution is 2.28. The van der Waals surface area contributed by atoms with Crippen LogP contribution in [-0.2, 0) is 28.9 Å². The Bertz CT molecular complexity index is 1310. The van der Waals surface area contributed by atoms with E-state index in [0.717, 1.165) is 23.0 Å². The van der Waals surface area contributed by atoms with Crippen molar-refractivity contribution < 1.29 is 12.8 Å². The molecule has 0 fully saturated rings. The molecular weight excluding hydrogens is 436 g/mol. The minimum atomic E-state index is -3.51. The third kappa shape index (κ3) is 3.88. The van der Waals surface area contributed by atoms with Gasteiger partial charge in [-0.05, 0) is 44.2 Å². The van der Waals surface area contributed by atoms with Crippen molar-refractivity contribution >= 4 is 32.8 Å². The van der Waals surface area contributed by atoms with E-state index in [1.807, 2.05) is 36.6 Å². The summed E-state index contributed by atoms with van der Waals surface area (Å²) in [6.45, 7) is 5.52. The number of aromatic nitrogens is 5. The second-order valence-corrected chi connectivity index (χ2v) is 10.1. The lowest BCUT2D eigenvalue weighted by atomic mass is 10.3. The zero-order valence-electron chi connectivity index (χ0n) is 17.8. The molecule has 4 aromatic rings. The number of hydrogen-bond donors (Lipinski definition) is 0. The Morgan fingerprint density at radius 2 is 1.87 bits per heavy atom. The number of fused-ring (bicyclic) bond motifs is 1. The van der Waals surface area contributed by atoms with Crippen molar-refractivity contribution in [2.24, 2.45) is 0 Å². The fourth-order valence-electron chi connectivity index (χ4n) is 3.39. The van der Waals surface area contributed by atoms with Crippen molar-refractivity contribution in [3.8, 4) is 11.6 Å². The third-order valence-electron chi connectivity index (χ3n) is 5.00. The maximum atomic E-state index is 12.5. The standard InChI is InChI=1S/C20H24N6O3S2/c1-5-25-16-10-9-14(31(27,28)24(3)4)12-15(16)21-18(25)13-30-20-23-22-19(26(20)6-2)17-8-7-11-29-17/h7-12H,5-6,13H2,1-4H3. The first-order valence-corrected chi connectivity index (χ1v) is 12.3. The van der Waals surface area contributed by atoms with Crippen molar-refractivity contribution in [3.05, 3.63) is 42.4 Å². The lowest BCUT2D eigenvalue weighted by Crippen LogP contribution is -2.22. The fourth-order valence-corrected chi connectivity index (χ4v) is 5.26. The largest absolute Gasteiger partial charge is 0.461 e. The molecule has 0 aliphatic heterocycles. The quantitative estimate of drug-likeness (QED) is 0.371. The van der Waals surface area contributed by atoms with Crippen LogP contribution in [0.15, 0.2) is 51.1 Å². The van der Waals surface area contributed by atoms with Gasteiger partial charge in [-0.3, -0.25) is 4.57 Å². The summed E-state index contributed by atoms with van der Waals surface area (Å²) in [5.41, 5.74) is 1.57. The predicted octanol–water partition coefficient (Wildman–Crippen LogP) is 3.47. The number of aryl methyl sites for hydroxylation is 1. The average Bonchev–Trinajstić information content (AvgIpc) is 3.48. The van der Waals surface area contributed by atoms with Gasteiger partial charge in [-0.25, -0.2) is 17.7 Å². The number of imidazole rings is 1. The van der Waals surface area contributed by atoms with E-state index in [9.17, 15) is 8.42 Å². The molecule has 0 atom stereocenters.